The first-order valence-electron chi connectivity index (χ1n) is 8.30. The zero-order valence-electron chi connectivity index (χ0n) is 14.1. The Bertz CT molecular complexity index is 620. The van der Waals surface area contributed by atoms with Crippen LogP contribution in [0.15, 0.2) is 6.07 Å². The van der Waals surface area contributed by atoms with Crippen LogP contribution in [0.4, 0.5) is 0 Å². The van der Waals surface area contributed by atoms with Crippen molar-refractivity contribution in [3.05, 3.63) is 17.5 Å². The SMILES string of the molecule is CCOC(=O)c1cc(C(N)=O)n(C(C)C(=O)NC2CCCCC2)n1. The smallest absolute Gasteiger partial charge is 0.358 e. The van der Waals surface area contributed by atoms with Gasteiger partial charge >= 0.3 is 5.97 Å². The van der Waals surface area contributed by atoms with E-state index in [9.17, 15) is 14.4 Å². The van der Waals surface area contributed by atoms with Crippen molar-refractivity contribution in [2.75, 3.05) is 6.61 Å². The molecule has 24 heavy (non-hydrogen) atoms. The first-order valence-corrected chi connectivity index (χ1v) is 8.30. The van der Waals surface area contributed by atoms with E-state index in [2.05, 4.69) is 10.4 Å². The lowest BCUT2D eigenvalue weighted by molar-refractivity contribution is -0.125. The van der Waals surface area contributed by atoms with Gasteiger partial charge in [0.15, 0.2) is 5.69 Å². The van der Waals surface area contributed by atoms with Crippen molar-refractivity contribution in [2.45, 2.75) is 58.0 Å². The van der Waals surface area contributed by atoms with Gasteiger partial charge in [-0.05, 0) is 26.7 Å². The standard InChI is InChI=1S/C16H24N4O4/c1-3-24-16(23)12-9-13(14(17)21)20(19-12)10(2)15(22)18-11-7-5-4-6-8-11/h9-11H,3-8H2,1-2H3,(H2,17,21)(H,18,22). The van der Waals surface area contributed by atoms with Gasteiger partial charge in [0.25, 0.3) is 5.91 Å². The third kappa shape index (κ3) is 4.12. The Labute approximate surface area is 140 Å². The summed E-state index contributed by atoms with van der Waals surface area (Å²) in [6.45, 7) is 3.48. The van der Waals surface area contributed by atoms with Gasteiger partial charge in [-0.25, -0.2) is 9.48 Å². The lowest BCUT2D eigenvalue weighted by atomic mass is 9.95. The van der Waals surface area contributed by atoms with Gasteiger partial charge in [-0.3, -0.25) is 9.59 Å². The van der Waals surface area contributed by atoms with Crippen LogP contribution in [0, 0.1) is 0 Å². The highest BCUT2D eigenvalue weighted by Gasteiger charge is 2.26. The molecule has 1 aliphatic carbocycles. The molecule has 1 heterocycles. The summed E-state index contributed by atoms with van der Waals surface area (Å²) in [5.41, 5.74) is 5.31. The highest BCUT2D eigenvalue weighted by atomic mass is 16.5. The third-order valence-corrected chi connectivity index (χ3v) is 4.17. The van der Waals surface area contributed by atoms with Gasteiger partial charge < -0.3 is 15.8 Å². The molecule has 3 N–H and O–H groups in total. The number of carbonyl (C=O) groups excluding carboxylic acids is 3. The fraction of sp³-hybridized carbons (Fsp3) is 0.625. The number of hydrogen-bond donors (Lipinski definition) is 2. The van der Waals surface area contributed by atoms with Gasteiger partial charge in [0.1, 0.15) is 11.7 Å². The van der Waals surface area contributed by atoms with Crippen LogP contribution in [0.3, 0.4) is 0 Å². The first-order chi connectivity index (χ1) is 11.4. The second-order valence-electron chi connectivity index (χ2n) is 5.96. The topological polar surface area (TPSA) is 116 Å². The Kier molecular flexibility index (Phi) is 5.94. The number of nitrogens with one attached hydrogen (secondary N) is 1. The van der Waals surface area contributed by atoms with Crippen molar-refractivity contribution in [1.82, 2.24) is 15.1 Å². The van der Waals surface area contributed by atoms with Crippen LogP contribution < -0.4 is 11.1 Å². The van der Waals surface area contributed by atoms with Crippen LogP contribution in [0.2, 0.25) is 0 Å². The van der Waals surface area contributed by atoms with Crippen LogP contribution in [0.25, 0.3) is 0 Å². The minimum Gasteiger partial charge on any atom is -0.461 e. The quantitative estimate of drug-likeness (QED) is 0.756. The number of esters is 1. The van der Waals surface area contributed by atoms with Crippen LogP contribution in [-0.2, 0) is 9.53 Å². The maximum Gasteiger partial charge on any atom is 0.358 e. The molecule has 0 aliphatic heterocycles. The highest BCUT2D eigenvalue weighted by Crippen LogP contribution is 2.19. The molecule has 2 amide bonds. The highest BCUT2D eigenvalue weighted by molar-refractivity contribution is 5.96. The Balaban J connectivity index is 2.17. The van der Waals surface area contributed by atoms with Crippen LogP contribution >= 0.6 is 0 Å². The molecule has 0 spiro atoms. The molecule has 132 valence electrons. The van der Waals surface area contributed by atoms with E-state index < -0.39 is 17.9 Å². The summed E-state index contributed by atoms with van der Waals surface area (Å²) in [6.07, 6.45) is 5.29. The van der Waals surface area contributed by atoms with E-state index in [-0.39, 0.29) is 29.9 Å². The summed E-state index contributed by atoms with van der Waals surface area (Å²) in [4.78, 5) is 35.9. The maximum absolute atomic E-state index is 12.5. The van der Waals surface area contributed by atoms with Gasteiger partial charge in [-0.1, -0.05) is 19.3 Å². The minimum absolute atomic E-state index is 0.00403. The van der Waals surface area contributed by atoms with E-state index in [1.54, 1.807) is 13.8 Å². The zero-order chi connectivity index (χ0) is 17.7. The van der Waals surface area contributed by atoms with Crippen molar-refractivity contribution in [2.24, 2.45) is 5.73 Å². The number of nitrogens with two attached hydrogens (primary N) is 1. The van der Waals surface area contributed by atoms with Gasteiger partial charge in [0, 0.05) is 12.1 Å². The average Bonchev–Trinajstić information content (AvgIpc) is 3.01. The first kappa shape index (κ1) is 18.0. The molecule has 2 rings (SSSR count). The van der Waals surface area contributed by atoms with Crippen LogP contribution in [0.1, 0.15) is 73.0 Å². The molecular weight excluding hydrogens is 312 g/mol. The number of nitrogens with zero attached hydrogens (tertiary/aromatic N) is 2. The molecule has 8 nitrogen and oxygen atoms in total. The largest absolute Gasteiger partial charge is 0.461 e. The lowest BCUT2D eigenvalue weighted by Gasteiger charge is -2.24. The lowest BCUT2D eigenvalue weighted by Crippen LogP contribution is -2.40. The number of primary amides is 1. The molecule has 1 aromatic rings. The predicted molar refractivity (Wildman–Crippen MR) is 86.4 cm³/mol. The number of rotatable bonds is 6. The molecule has 1 unspecified atom stereocenters. The Morgan fingerprint density at radius 2 is 2.04 bits per heavy atom. The van der Waals surface area contributed by atoms with E-state index in [4.69, 9.17) is 10.5 Å². The number of amides is 2. The van der Waals surface area contributed by atoms with E-state index in [1.165, 1.54) is 17.2 Å². The van der Waals surface area contributed by atoms with E-state index in [1.807, 2.05) is 0 Å². The predicted octanol–water partition coefficient (Wildman–Crippen LogP) is 1.17. The average molecular weight is 336 g/mol. The van der Waals surface area contributed by atoms with Crippen LogP contribution in [-0.4, -0.2) is 40.2 Å². The Morgan fingerprint density at radius 3 is 2.62 bits per heavy atom. The Morgan fingerprint density at radius 1 is 1.38 bits per heavy atom. The summed E-state index contributed by atoms with van der Waals surface area (Å²) < 4.78 is 6.06. The fourth-order valence-corrected chi connectivity index (χ4v) is 2.86. The number of aromatic nitrogens is 2. The molecule has 0 aromatic carbocycles. The van der Waals surface area contributed by atoms with Crippen molar-refractivity contribution in [3.63, 3.8) is 0 Å². The second-order valence-corrected chi connectivity index (χ2v) is 5.96. The zero-order valence-corrected chi connectivity index (χ0v) is 14.1. The Hall–Kier alpha value is -2.38. The van der Waals surface area contributed by atoms with Crippen molar-refractivity contribution >= 4 is 17.8 Å². The molecule has 1 saturated carbocycles. The van der Waals surface area contributed by atoms with E-state index in [0.29, 0.717) is 0 Å². The van der Waals surface area contributed by atoms with Gasteiger partial charge in [-0.15, -0.1) is 0 Å². The van der Waals surface area contributed by atoms with E-state index in [0.717, 1.165) is 25.7 Å². The summed E-state index contributed by atoms with van der Waals surface area (Å²) in [5, 5.41) is 7.02. The monoisotopic (exact) mass is 336 g/mol. The molecule has 0 radical (unpaired) electrons. The molecule has 1 fully saturated rings. The maximum atomic E-state index is 12.5. The third-order valence-electron chi connectivity index (χ3n) is 4.17. The minimum atomic E-state index is -0.754. The molecule has 1 atom stereocenters. The normalized spacial score (nSPS) is 16.4. The molecule has 0 bridgehead atoms. The van der Waals surface area contributed by atoms with Crippen molar-refractivity contribution in [3.8, 4) is 0 Å². The molecule has 1 aliphatic rings. The molecule has 1 aromatic heterocycles. The molecular formula is C16H24N4O4. The number of hydrogen-bond acceptors (Lipinski definition) is 5. The number of carbonyl (C=O) groups is 3. The summed E-state index contributed by atoms with van der Waals surface area (Å²) >= 11 is 0. The molecule has 0 saturated heterocycles. The summed E-state index contributed by atoms with van der Waals surface area (Å²) in [5.74, 6) is -1.66. The fourth-order valence-electron chi connectivity index (χ4n) is 2.86. The van der Waals surface area contributed by atoms with Crippen molar-refractivity contribution in [1.29, 1.82) is 0 Å². The number of ether oxygens (including phenoxy) is 1. The van der Waals surface area contributed by atoms with E-state index >= 15 is 0 Å². The van der Waals surface area contributed by atoms with Crippen LogP contribution in [0.5, 0.6) is 0 Å². The van der Waals surface area contributed by atoms with Gasteiger partial charge in [0.2, 0.25) is 5.91 Å². The summed E-state index contributed by atoms with van der Waals surface area (Å²) in [6, 6.07) is 0.647. The van der Waals surface area contributed by atoms with Gasteiger partial charge in [0.05, 0.1) is 6.61 Å². The second kappa shape index (κ2) is 7.94. The van der Waals surface area contributed by atoms with Crippen molar-refractivity contribution < 1.29 is 19.1 Å². The van der Waals surface area contributed by atoms with Gasteiger partial charge in [-0.2, -0.15) is 5.10 Å². The summed E-state index contributed by atoms with van der Waals surface area (Å²) in [7, 11) is 0. The molecule has 8 heteroatoms.